The molecule has 2 aromatic carbocycles. The van der Waals surface area contributed by atoms with Crippen LogP contribution in [0.25, 0.3) is 0 Å². The summed E-state index contributed by atoms with van der Waals surface area (Å²) in [4.78, 5) is 23.4. The number of rotatable bonds is 9. The molecule has 5 nitrogen and oxygen atoms in total. The van der Waals surface area contributed by atoms with Crippen LogP contribution in [0.4, 0.5) is 0 Å². The molecule has 0 heterocycles. The zero-order valence-corrected chi connectivity index (χ0v) is 14.2. The summed E-state index contributed by atoms with van der Waals surface area (Å²) >= 11 is 0. The van der Waals surface area contributed by atoms with Gasteiger partial charge in [0.25, 0.3) is 0 Å². The average molecular weight is 337 g/mol. The lowest BCUT2D eigenvalue weighted by Crippen LogP contribution is -2.25. The quantitative estimate of drug-likeness (QED) is 0.546. The number of benzene rings is 2. The first-order valence-electron chi connectivity index (χ1n) is 8.39. The van der Waals surface area contributed by atoms with Crippen LogP contribution in [0.3, 0.4) is 0 Å². The minimum absolute atomic E-state index is 0.122. The first-order valence-corrected chi connectivity index (χ1v) is 8.39. The van der Waals surface area contributed by atoms with E-state index >= 15 is 0 Å². The first-order chi connectivity index (χ1) is 12.2. The highest BCUT2D eigenvalue weighted by Gasteiger charge is 2.05. The van der Waals surface area contributed by atoms with Gasteiger partial charge >= 0.3 is 0 Å². The number of nitrogens with zero attached hydrogens (tertiary/aromatic N) is 1. The van der Waals surface area contributed by atoms with Crippen LogP contribution in [-0.2, 0) is 22.6 Å². The second-order valence-electron chi connectivity index (χ2n) is 5.63. The Hall–Kier alpha value is -2.95. The largest absolute Gasteiger partial charge is 0.352 e. The third-order valence-electron chi connectivity index (χ3n) is 3.60. The second kappa shape index (κ2) is 10.8. The molecule has 130 valence electrons. The van der Waals surface area contributed by atoms with Crippen molar-refractivity contribution in [3.8, 4) is 0 Å². The summed E-state index contributed by atoms with van der Waals surface area (Å²) in [6, 6.07) is 19.7. The Kier molecular flexibility index (Phi) is 7.91. The maximum Gasteiger partial charge on any atom is 0.240 e. The van der Waals surface area contributed by atoms with E-state index in [1.54, 1.807) is 6.21 Å². The molecule has 0 aliphatic rings. The van der Waals surface area contributed by atoms with E-state index in [4.69, 9.17) is 0 Å². The van der Waals surface area contributed by atoms with Gasteiger partial charge in [0.2, 0.25) is 11.8 Å². The molecular formula is C20H23N3O2. The third kappa shape index (κ3) is 7.92. The smallest absolute Gasteiger partial charge is 0.240 e. The minimum Gasteiger partial charge on any atom is -0.352 e. The summed E-state index contributed by atoms with van der Waals surface area (Å²) in [5.74, 6) is -0.405. The average Bonchev–Trinajstić information content (AvgIpc) is 2.66. The predicted molar refractivity (Wildman–Crippen MR) is 98.9 cm³/mol. The molecular weight excluding hydrogens is 314 g/mol. The van der Waals surface area contributed by atoms with Crippen molar-refractivity contribution in [3.05, 3.63) is 71.8 Å². The van der Waals surface area contributed by atoms with Gasteiger partial charge in [0.15, 0.2) is 0 Å². The van der Waals surface area contributed by atoms with Crippen LogP contribution in [0.15, 0.2) is 65.8 Å². The SMILES string of the molecule is O=C(CCC(=O)N/N=C/CCc1ccccc1)NCc1ccccc1. The molecule has 0 aliphatic heterocycles. The molecule has 0 bridgehead atoms. The molecule has 0 aliphatic carbocycles. The van der Waals surface area contributed by atoms with Gasteiger partial charge < -0.3 is 5.32 Å². The summed E-state index contributed by atoms with van der Waals surface area (Å²) in [6.07, 6.45) is 3.58. The van der Waals surface area contributed by atoms with E-state index in [1.165, 1.54) is 5.56 Å². The number of amides is 2. The molecule has 2 N–H and O–H groups in total. The van der Waals surface area contributed by atoms with Crippen LogP contribution in [0.1, 0.15) is 30.4 Å². The van der Waals surface area contributed by atoms with Crippen LogP contribution >= 0.6 is 0 Å². The Balaban J connectivity index is 1.55. The number of aryl methyl sites for hydroxylation is 1. The molecule has 0 fully saturated rings. The second-order valence-corrected chi connectivity index (χ2v) is 5.63. The lowest BCUT2D eigenvalue weighted by molar-refractivity contribution is -0.126. The lowest BCUT2D eigenvalue weighted by Gasteiger charge is -2.04. The van der Waals surface area contributed by atoms with Gasteiger partial charge in [-0.3, -0.25) is 9.59 Å². The summed E-state index contributed by atoms with van der Waals surface area (Å²) in [5.41, 5.74) is 4.71. The predicted octanol–water partition coefficient (Wildman–Crippen LogP) is 2.82. The molecule has 25 heavy (non-hydrogen) atoms. The highest BCUT2D eigenvalue weighted by Crippen LogP contribution is 2.01. The van der Waals surface area contributed by atoms with Crippen LogP contribution < -0.4 is 10.7 Å². The molecule has 2 amide bonds. The first kappa shape index (κ1) is 18.4. The van der Waals surface area contributed by atoms with E-state index in [2.05, 4.69) is 28.0 Å². The van der Waals surface area contributed by atoms with Crippen molar-refractivity contribution in [3.63, 3.8) is 0 Å². The summed E-state index contributed by atoms with van der Waals surface area (Å²) in [5, 5.41) is 6.69. The molecule has 0 unspecified atom stereocenters. The number of hydrogen-bond donors (Lipinski definition) is 2. The van der Waals surface area contributed by atoms with E-state index in [9.17, 15) is 9.59 Å². The van der Waals surface area contributed by atoms with Crippen molar-refractivity contribution in [2.45, 2.75) is 32.2 Å². The van der Waals surface area contributed by atoms with E-state index in [-0.39, 0.29) is 24.7 Å². The summed E-state index contributed by atoms with van der Waals surface area (Å²) in [7, 11) is 0. The highest BCUT2D eigenvalue weighted by atomic mass is 16.2. The summed E-state index contributed by atoms with van der Waals surface area (Å²) in [6.45, 7) is 0.471. The fourth-order valence-corrected chi connectivity index (χ4v) is 2.23. The van der Waals surface area contributed by atoms with Gasteiger partial charge in [-0.05, 0) is 24.0 Å². The van der Waals surface area contributed by atoms with Crippen LogP contribution in [0, 0.1) is 0 Å². The Bertz CT molecular complexity index is 685. The van der Waals surface area contributed by atoms with E-state index in [1.807, 2.05) is 48.5 Å². The maximum atomic E-state index is 11.7. The topological polar surface area (TPSA) is 70.6 Å². The minimum atomic E-state index is -0.258. The van der Waals surface area contributed by atoms with Crippen molar-refractivity contribution < 1.29 is 9.59 Å². The zero-order chi connectivity index (χ0) is 17.7. The van der Waals surface area contributed by atoms with Gasteiger partial charge in [-0.2, -0.15) is 5.10 Å². The number of nitrogens with one attached hydrogen (secondary N) is 2. The summed E-state index contributed by atoms with van der Waals surface area (Å²) < 4.78 is 0. The van der Waals surface area contributed by atoms with Crippen molar-refractivity contribution in [2.75, 3.05) is 0 Å². The zero-order valence-electron chi connectivity index (χ0n) is 14.2. The molecule has 0 radical (unpaired) electrons. The Morgan fingerprint density at radius 2 is 1.44 bits per heavy atom. The Morgan fingerprint density at radius 1 is 0.840 bits per heavy atom. The molecule has 5 heteroatoms. The van der Waals surface area contributed by atoms with E-state index < -0.39 is 0 Å². The number of hydrazone groups is 1. The van der Waals surface area contributed by atoms with Crippen LogP contribution in [-0.4, -0.2) is 18.0 Å². The highest BCUT2D eigenvalue weighted by molar-refractivity contribution is 5.83. The lowest BCUT2D eigenvalue weighted by atomic mass is 10.1. The molecule has 0 aromatic heterocycles. The van der Waals surface area contributed by atoms with Crippen LogP contribution in [0.5, 0.6) is 0 Å². The van der Waals surface area contributed by atoms with Gasteiger partial charge in [-0.1, -0.05) is 60.7 Å². The van der Waals surface area contributed by atoms with Crippen molar-refractivity contribution >= 4 is 18.0 Å². The Morgan fingerprint density at radius 3 is 2.12 bits per heavy atom. The molecule has 2 rings (SSSR count). The standard InChI is InChI=1S/C20H23N3O2/c24-19(21-16-18-10-5-2-6-11-18)13-14-20(25)23-22-15-7-12-17-8-3-1-4-9-17/h1-6,8-11,15H,7,12-14,16H2,(H,21,24)(H,23,25)/b22-15+. The third-order valence-corrected chi connectivity index (χ3v) is 3.60. The maximum absolute atomic E-state index is 11.7. The van der Waals surface area contributed by atoms with Crippen molar-refractivity contribution in [1.82, 2.24) is 10.7 Å². The van der Waals surface area contributed by atoms with Crippen molar-refractivity contribution in [1.29, 1.82) is 0 Å². The van der Waals surface area contributed by atoms with Gasteiger partial charge in [0, 0.05) is 25.6 Å². The molecule has 0 saturated heterocycles. The molecule has 0 saturated carbocycles. The van der Waals surface area contributed by atoms with E-state index in [0.29, 0.717) is 6.54 Å². The van der Waals surface area contributed by atoms with Crippen LogP contribution in [0.2, 0.25) is 0 Å². The Labute approximate surface area is 148 Å². The van der Waals surface area contributed by atoms with Crippen molar-refractivity contribution in [2.24, 2.45) is 5.10 Å². The van der Waals surface area contributed by atoms with Gasteiger partial charge in [-0.25, -0.2) is 5.43 Å². The fourth-order valence-electron chi connectivity index (χ4n) is 2.23. The van der Waals surface area contributed by atoms with Gasteiger partial charge in [-0.15, -0.1) is 0 Å². The number of hydrogen-bond acceptors (Lipinski definition) is 3. The molecule has 2 aromatic rings. The van der Waals surface area contributed by atoms with E-state index in [0.717, 1.165) is 18.4 Å². The normalized spacial score (nSPS) is 10.6. The fraction of sp³-hybridized carbons (Fsp3) is 0.250. The van der Waals surface area contributed by atoms with Gasteiger partial charge in [0.1, 0.15) is 0 Å². The monoisotopic (exact) mass is 337 g/mol. The number of carbonyl (C=O) groups is 2. The number of carbonyl (C=O) groups excluding carboxylic acids is 2. The molecule has 0 atom stereocenters. The van der Waals surface area contributed by atoms with Gasteiger partial charge in [0.05, 0.1) is 0 Å². The molecule has 0 spiro atoms.